The van der Waals surface area contributed by atoms with Crippen molar-refractivity contribution in [2.24, 2.45) is 0 Å². The van der Waals surface area contributed by atoms with E-state index in [1.165, 1.54) is 17.0 Å². The highest BCUT2D eigenvalue weighted by Gasteiger charge is 2.17. The summed E-state index contributed by atoms with van der Waals surface area (Å²) in [5.74, 6) is -0.953. The largest absolute Gasteiger partial charge is 0.375 e. The summed E-state index contributed by atoms with van der Waals surface area (Å²) in [6.07, 6.45) is 0. The zero-order valence-electron chi connectivity index (χ0n) is 13.2. The van der Waals surface area contributed by atoms with Gasteiger partial charge in [-0.3, -0.25) is 9.59 Å². The molecule has 0 aliphatic rings. The molecule has 0 radical (unpaired) electrons. The van der Waals surface area contributed by atoms with Gasteiger partial charge in [0.1, 0.15) is 5.82 Å². The Labute approximate surface area is 134 Å². The van der Waals surface area contributed by atoms with Gasteiger partial charge in [0.2, 0.25) is 11.8 Å². The van der Waals surface area contributed by atoms with E-state index in [4.69, 9.17) is 11.6 Å². The fourth-order valence-corrected chi connectivity index (χ4v) is 1.93. The number of rotatable bonds is 5. The van der Waals surface area contributed by atoms with Gasteiger partial charge in [0.05, 0.1) is 23.8 Å². The quantitative estimate of drug-likeness (QED) is 0.871. The molecule has 0 saturated carbocycles. The number of halogens is 2. The predicted octanol–water partition coefficient (Wildman–Crippen LogP) is 2.26. The van der Waals surface area contributed by atoms with Crippen LogP contribution in [0.1, 0.15) is 20.8 Å². The zero-order chi connectivity index (χ0) is 16.9. The van der Waals surface area contributed by atoms with E-state index >= 15 is 0 Å². The fraction of sp³-hybridized carbons (Fsp3) is 0.467. The first-order chi connectivity index (χ1) is 10.1. The first kappa shape index (κ1) is 18.2. The molecule has 0 spiro atoms. The molecule has 0 fully saturated rings. The molecule has 0 unspecified atom stereocenters. The van der Waals surface area contributed by atoms with Gasteiger partial charge < -0.3 is 15.5 Å². The standard InChI is InChI=1S/C15H21ClFN3O2/c1-15(2,3)19-13(21)9-20(4)14(22)8-18-12-6-5-10(17)7-11(12)16/h5-7,18H,8-9H2,1-4H3,(H,19,21). The molecule has 1 aromatic carbocycles. The Morgan fingerprint density at radius 2 is 1.95 bits per heavy atom. The third kappa shape index (κ3) is 6.30. The topological polar surface area (TPSA) is 61.4 Å². The smallest absolute Gasteiger partial charge is 0.242 e. The van der Waals surface area contributed by atoms with Crippen LogP contribution in [0.2, 0.25) is 5.02 Å². The maximum atomic E-state index is 12.9. The number of hydrogen-bond donors (Lipinski definition) is 2. The van der Waals surface area contributed by atoms with Crippen molar-refractivity contribution in [1.82, 2.24) is 10.2 Å². The van der Waals surface area contributed by atoms with Crippen LogP contribution in [0.5, 0.6) is 0 Å². The van der Waals surface area contributed by atoms with Gasteiger partial charge in [-0.1, -0.05) is 11.6 Å². The van der Waals surface area contributed by atoms with Crippen LogP contribution >= 0.6 is 11.6 Å². The number of likely N-dealkylation sites (N-methyl/N-ethyl adjacent to an activating group) is 1. The molecule has 122 valence electrons. The summed E-state index contributed by atoms with van der Waals surface area (Å²) in [6, 6.07) is 3.87. The summed E-state index contributed by atoms with van der Waals surface area (Å²) in [5, 5.41) is 5.79. The minimum atomic E-state index is -0.446. The highest BCUT2D eigenvalue weighted by molar-refractivity contribution is 6.33. The lowest BCUT2D eigenvalue weighted by Gasteiger charge is -2.23. The Bertz CT molecular complexity index is 558. The van der Waals surface area contributed by atoms with Crippen LogP contribution in [0.25, 0.3) is 0 Å². The van der Waals surface area contributed by atoms with E-state index in [0.29, 0.717) is 5.69 Å². The Hall–Kier alpha value is -1.82. The van der Waals surface area contributed by atoms with Crippen molar-refractivity contribution >= 4 is 29.1 Å². The minimum Gasteiger partial charge on any atom is -0.375 e. The predicted molar refractivity (Wildman–Crippen MR) is 85.4 cm³/mol. The van der Waals surface area contributed by atoms with Gasteiger partial charge in [0.15, 0.2) is 0 Å². The molecule has 5 nitrogen and oxygen atoms in total. The molecule has 0 atom stereocenters. The normalized spacial score (nSPS) is 11.0. The average Bonchev–Trinajstić information content (AvgIpc) is 2.34. The molecular weight excluding hydrogens is 309 g/mol. The molecule has 0 aliphatic heterocycles. The number of anilines is 1. The summed E-state index contributed by atoms with van der Waals surface area (Å²) in [5.41, 5.74) is 0.116. The number of nitrogens with one attached hydrogen (secondary N) is 2. The molecule has 2 N–H and O–H groups in total. The molecule has 0 bridgehead atoms. The summed E-state index contributed by atoms with van der Waals surface area (Å²) < 4.78 is 12.9. The molecule has 0 aromatic heterocycles. The van der Waals surface area contributed by atoms with E-state index in [0.717, 1.165) is 6.07 Å². The van der Waals surface area contributed by atoms with E-state index in [9.17, 15) is 14.0 Å². The van der Waals surface area contributed by atoms with Gasteiger partial charge in [-0.05, 0) is 39.0 Å². The molecule has 0 saturated heterocycles. The molecular formula is C15H21ClFN3O2. The van der Waals surface area contributed by atoms with Crippen LogP contribution in [0, 0.1) is 5.82 Å². The van der Waals surface area contributed by atoms with E-state index < -0.39 is 5.82 Å². The lowest BCUT2D eigenvalue weighted by Crippen LogP contribution is -2.47. The van der Waals surface area contributed by atoms with Crippen LogP contribution in [0.4, 0.5) is 10.1 Å². The van der Waals surface area contributed by atoms with Gasteiger partial charge in [0.25, 0.3) is 0 Å². The molecule has 7 heteroatoms. The van der Waals surface area contributed by atoms with E-state index in [1.807, 2.05) is 20.8 Å². The molecule has 2 amide bonds. The van der Waals surface area contributed by atoms with Crippen molar-refractivity contribution in [2.45, 2.75) is 26.3 Å². The summed E-state index contributed by atoms with van der Waals surface area (Å²) in [6.45, 7) is 5.53. The van der Waals surface area contributed by atoms with E-state index in [1.54, 1.807) is 7.05 Å². The Kier molecular flexibility index (Phi) is 6.17. The van der Waals surface area contributed by atoms with Crippen LogP contribution in [-0.4, -0.2) is 42.4 Å². The highest BCUT2D eigenvalue weighted by atomic mass is 35.5. The van der Waals surface area contributed by atoms with Crippen molar-refractivity contribution in [2.75, 3.05) is 25.5 Å². The lowest BCUT2D eigenvalue weighted by atomic mass is 10.1. The number of amides is 2. The monoisotopic (exact) mass is 329 g/mol. The number of carbonyl (C=O) groups excluding carboxylic acids is 2. The fourth-order valence-electron chi connectivity index (χ4n) is 1.70. The van der Waals surface area contributed by atoms with Gasteiger partial charge in [-0.2, -0.15) is 0 Å². The summed E-state index contributed by atoms with van der Waals surface area (Å²) in [7, 11) is 1.54. The molecule has 22 heavy (non-hydrogen) atoms. The third-order valence-electron chi connectivity index (χ3n) is 2.68. The van der Waals surface area contributed by atoms with Gasteiger partial charge in [0, 0.05) is 12.6 Å². The maximum absolute atomic E-state index is 12.9. The van der Waals surface area contributed by atoms with Crippen molar-refractivity contribution < 1.29 is 14.0 Å². The number of benzene rings is 1. The van der Waals surface area contributed by atoms with Crippen molar-refractivity contribution in [3.05, 3.63) is 29.0 Å². The summed E-state index contributed by atoms with van der Waals surface area (Å²) >= 11 is 5.86. The SMILES string of the molecule is CN(CC(=O)NC(C)(C)C)C(=O)CNc1ccc(F)cc1Cl. The Balaban J connectivity index is 2.49. The highest BCUT2D eigenvalue weighted by Crippen LogP contribution is 2.22. The van der Waals surface area contributed by atoms with Gasteiger partial charge in [-0.15, -0.1) is 0 Å². The number of hydrogen-bond acceptors (Lipinski definition) is 3. The van der Waals surface area contributed by atoms with Crippen molar-refractivity contribution in [3.8, 4) is 0 Å². The van der Waals surface area contributed by atoms with Crippen molar-refractivity contribution in [1.29, 1.82) is 0 Å². The maximum Gasteiger partial charge on any atom is 0.242 e. The first-order valence-corrected chi connectivity index (χ1v) is 7.20. The summed E-state index contributed by atoms with van der Waals surface area (Å²) in [4.78, 5) is 25.0. The lowest BCUT2D eigenvalue weighted by molar-refractivity contribution is -0.133. The van der Waals surface area contributed by atoms with Crippen LogP contribution in [0.3, 0.4) is 0 Å². The minimum absolute atomic E-state index is 0.0328. The zero-order valence-corrected chi connectivity index (χ0v) is 13.9. The van der Waals surface area contributed by atoms with E-state index in [-0.39, 0.29) is 35.5 Å². The second kappa shape index (κ2) is 7.45. The number of nitrogens with zero attached hydrogens (tertiary/aromatic N) is 1. The van der Waals surface area contributed by atoms with Crippen molar-refractivity contribution in [3.63, 3.8) is 0 Å². The third-order valence-corrected chi connectivity index (χ3v) is 2.99. The average molecular weight is 330 g/mol. The Morgan fingerprint density at radius 3 is 2.50 bits per heavy atom. The Morgan fingerprint density at radius 1 is 1.32 bits per heavy atom. The van der Waals surface area contributed by atoms with Crippen LogP contribution in [-0.2, 0) is 9.59 Å². The first-order valence-electron chi connectivity index (χ1n) is 6.82. The molecule has 1 aromatic rings. The van der Waals surface area contributed by atoms with Gasteiger partial charge in [-0.25, -0.2) is 4.39 Å². The second-order valence-electron chi connectivity index (χ2n) is 6.03. The van der Waals surface area contributed by atoms with Crippen LogP contribution < -0.4 is 10.6 Å². The van der Waals surface area contributed by atoms with Gasteiger partial charge >= 0.3 is 0 Å². The molecule has 0 heterocycles. The van der Waals surface area contributed by atoms with E-state index in [2.05, 4.69) is 10.6 Å². The number of carbonyl (C=O) groups is 2. The molecule has 1 rings (SSSR count). The second-order valence-corrected chi connectivity index (χ2v) is 6.43. The van der Waals surface area contributed by atoms with Crippen LogP contribution in [0.15, 0.2) is 18.2 Å². The molecule has 0 aliphatic carbocycles.